The van der Waals surface area contributed by atoms with Crippen LogP contribution in [-0.4, -0.2) is 26.1 Å². The van der Waals surface area contributed by atoms with Gasteiger partial charge in [0.15, 0.2) is 5.16 Å². The van der Waals surface area contributed by atoms with Crippen molar-refractivity contribution in [1.82, 2.24) is 9.55 Å². The van der Waals surface area contributed by atoms with Crippen molar-refractivity contribution >= 4 is 39.9 Å². The molecule has 0 aliphatic carbocycles. The maximum atomic E-state index is 13.4. The van der Waals surface area contributed by atoms with Crippen LogP contribution in [0.5, 0.6) is 0 Å². The first kappa shape index (κ1) is 22.2. The van der Waals surface area contributed by atoms with E-state index in [2.05, 4.69) is 10.3 Å². The number of carbonyl (C=O) groups is 1. The van der Waals surface area contributed by atoms with Gasteiger partial charge in [-0.1, -0.05) is 54.2 Å². The Bertz CT molecular complexity index is 1430. The van der Waals surface area contributed by atoms with E-state index in [0.29, 0.717) is 16.1 Å². The number of hydrogen-bond donors (Lipinski definition) is 1. The topological polar surface area (TPSA) is 107 Å². The number of nitro groups is 1. The molecule has 0 aliphatic heterocycles. The van der Waals surface area contributed by atoms with Gasteiger partial charge in [-0.3, -0.25) is 24.3 Å². The molecule has 3 aromatic carbocycles. The van der Waals surface area contributed by atoms with Gasteiger partial charge in [0.1, 0.15) is 5.69 Å². The molecule has 1 N–H and O–H groups in total. The highest BCUT2D eigenvalue weighted by Gasteiger charge is 2.19. The maximum absolute atomic E-state index is 13.4. The number of para-hydroxylation sites is 4. The van der Waals surface area contributed by atoms with Crippen molar-refractivity contribution in [3.8, 4) is 5.69 Å². The first-order valence-corrected chi connectivity index (χ1v) is 11.1. The summed E-state index contributed by atoms with van der Waals surface area (Å²) in [4.78, 5) is 41.4. The lowest BCUT2D eigenvalue weighted by Gasteiger charge is -2.17. The Morgan fingerprint density at radius 1 is 1.03 bits per heavy atom. The summed E-state index contributed by atoms with van der Waals surface area (Å²) in [5, 5.41) is 14.6. The van der Waals surface area contributed by atoms with Crippen LogP contribution < -0.4 is 10.9 Å². The summed E-state index contributed by atoms with van der Waals surface area (Å²) < 4.78 is 1.54. The normalized spacial score (nSPS) is 10.8. The molecule has 1 aromatic heterocycles. The molecule has 0 saturated carbocycles. The van der Waals surface area contributed by atoms with Crippen LogP contribution in [0.25, 0.3) is 16.6 Å². The van der Waals surface area contributed by atoms with Gasteiger partial charge in [0.2, 0.25) is 5.91 Å². The lowest BCUT2D eigenvalue weighted by molar-refractivity contribution is -0.383. The van der Waals surface area contributed by atoms with Crippen LogP contribution >= 0.6 is 11.8 Å². The minimum atomic E-state index is -0.549. The van der Waals surface area contributed by atoms with Gasteiger partial charge in [-0.05, 0) is 43.2 Å². The van der Waals surface area contributed by atoms with Crippen LogP contribution in [0, 0.1) is 24.0 Å². The largest absolute Gasteiger partial charge is 0.320 e. The monoisotopic (exact) mass is 460 g/mol. The van der Waals surface area contributed by atoms with Crippen molar-refractivity contribution in [2.75, 3.05) is 11.1 Å². The highest BCUT2D eigenvalue weighted by molar-refractivity contribution is 7.99. The van der Waals surface area contributed by atoms with Gasteiger partial charge in [-0.25, -0.2) is 4.98 Å². The van der Waals surface area contributed by atoms with Crippen molar-refractivity contribution in [2.24, 2.45) is 0 Å². The average Bonchev–Trinajstić information content (AvgIpc) is 2.79. The number of aromatic nitrogens is 2. The summed E-state index contributed by atoms with van der Waals surface area (Å²) in [5.74, 6) is -0.522. The summed E-state index contributed by atoms with van der Waals surface area (Å²) in [6.45, 7) is 3.83. The van der Waals surface area contributed by atoms with E-state index in [1.165, 1.54) is 22.8 Å². The molecule has 0 fully saturated rings. The fraction of sp³-hybridized carbons (Fsp3) is 0.125. The Labute approximate surface area is 193 Å². The molecule has 8 nitrogen and oxygen atoms in total. The molecule has 0 radical (unpaired) electrons. The van der Waals surface area contributed by atoms with Gasteiger partial charge in [0.25, 0.3) is 11.2 Å². The number of nitrogens with one attached hydrogen (secondary N) is 1. The summed E-state index contributed by atoms with van der Waals surface area (Å²) >= 11 is 1.10. The minimum Gasteiger partial charge on any atom is -0.320 e. The smallest absolute Gasteiger partial charge is 0.292 e. The summed E-state index contributed by atoms with van der Waals surface area (Å²) in [7, 11) is 0. The Morgan fingerprint density at radius 3 is 2.42 bits per heavy atom. The molecule has 0 aliphatic rings. The van der Waals surface area contributed by atoms with E-state index < -0.39 is 10.8 Å². The number of aryl methyl sites for hydroxylation is 2. The highest BCUT2D eigenvalue weighted by Crippen LogP contribution is 2.27. The van der Waals surface area contributed by atoms with Crippen molar-refractivity contribution in [3.05, 3.63) is 98.3 Å². The lowest BCUT2D eigenvalue weighted by Crippen LogP contribution is -2.24. The molecule has 1 heterocycles. The Kier molecular flexibility index (Phi) is 6.23. The average molecular weight is 461 g/mol. The first-order chi connectivity index (χ1) is 15.9. The number of fused-ring (bicyclic) bond motifs is 1. The second kappa shape index (κ2) is 9.25. The van der Waals surface area contributed by atoms with Gasteiger partial charge in [-0.15, -0.1) is 0 Å². The lowest BCUT2D eigenvalue weighted by atomic mass is 10.1. The van der Waals surface area contributed by atoms with E-state index in [9.17, 15) is 19.7 Å². The molecular weight excluding hydrogens is 440 g/mol. The first-order valence-electron chi connectivity index (χ1n) is 10.1. The molecule has 4 rings (SSSR count). The number of anilines is 1. The zero-order valence-electron chi connectivity index (χ0n) is 17.9. The number of nitrogens with zero attached hydrogens (tertiary/aromatic N) is 3. The van der Waals surface area contributed by atoms with Crippen LogP contribution in [0.15, 0.2) is 76.7 Å². The van der Waals surface area contributed by atoms with E-state index in [1.54, 1.807) is 30.3 Å². The van der Waals surface area contributed by atoms with E-state index in [4.69, 9.17) is 0 Å². The molecule has 166 valence electrons. The van der Waals surface area contributed by atoms with Gasteiger partial charge in [-0.2, -0.15) is 0 Å². The molecule has 0 atom stereocenters. The SMILES string of the molecule is Cc1cccc(C)c1-n1c(SCC(=O)Nc2ccccc2[N+](=O)[O-])nc2ccccc2c1=O. The number of benzene rings is 3. The molecule has 0 spiro atoms. The van der Waals surface area contributed by atoms with Gasteiger partial charge >= 0.3 is 0 Å². The fourth-order valence-electron chi connectivity index (χ4n) is 3.62. The van der Waals surface area contributed by atoms with Crippen molar-refractivity contribution in [2.45, 2.75) is 19.0 Å². The molecule has 1 amide bonds. The highest BCUT2D eigenvalue weighted by atomic mass is 32.2. The number of hydrogen-bond acceptors (Lipinski definition) is 6. The second-order valence-corrected chi connectivity index (χ2v) is 8.35. The van der Waals surface area contributed by atoms with Gasteiger partial charge < -0.3 is 5.32 Å². The van der Waals surface area contributed by atoms with Crippen molar-refractivity contribution < 1.29 is 9.72 Å². The number of amides is 1. The second-order valence-electron chi connectivity index (χ2n) is 7.40. The van der Waals surface area contributed by atoms with Gasteiger partial charge in [0.05, 0.1) is 27.3 Å². The van der Waals surface area contributed by atoms with Crippen LogP contribution in [0.1, 0.15) is 11.1 Å². The molecular formula is C24H20N4O4S. The van der Waals surface area contributed by atoms with E-state index >= 15 is 0 Å². The zero-order valence-corrected chi connectivity index (χ0v) is 18.8. The van der Waals surface area contributed by atoms with E-state index in [0.717, 1.165) is 28.6 Å². The Hall–Kier alpha value is -3.98. The predicted octanol–water partition coefficient (Wildman–Crippen LogP) is 4.64. The number of carbonyl (C=O) groups excluding carboxylic acids is 1. The molecule has 9 heteroatoms. The minimum absolute atomic E-state index is 0.0816. The molecule has 0 unspecified atom stereocenters. The van der Waals surface area contributed by atoms with E-state index in [1.807, 2.05) is 32.0 Å². The fourth-order valence-corrected chi connectivity index (χ4v) is 4.42. The quantitative estimate of drug-likeness (QED) is 0.194. The molecule has 4 aromatic rings. The van der Waals surface area contributed by atoms with E-state index in [-0.39, 0.29) is 22.7 Å². The van der Waals surface area contributed by atoms with Crippen LogP contribution in [0.2, 0.25) is 0 Å². The summed E-state index contributed by atoms with van der Waals surface area (Å²) in [6, 6.07) is 18.8. The third-order valence-electron chi connectivity index (χ3n) is 5.12. The van der Waals surface area contributed by atoms with Crippen LogP contribution in [0.4, 0.5) is 11.4 Å². The van der Waals surface area contributed by atoms with Crippen LogP contribution in [-0.2, 0) is 4.79 Å². The molecule has 0 saturated heterocycles. The molecule has 33 heavy (non-hydrogen) atoms. The third-order valence-corrected chi connectivity index (χ3v) is 6.05. The number of thioether (sulfide) groups is 1. The predicted molar refractivity (Wildman–Crippen MR) is 129 cm³/mol. The number of nitro benzene ring substituents is 1. The third kappa shape index (κ3) is 4.49. The zero-order chi connectivity index (χ0) is 23.5. The summed E-state index contributed by atoms with van der Waals surface area (Å²) in [5.41, 5.74) is 2.77. The standard InChI is InChI=1S/C24H20N4O4S/c1-15-8-7-9-16(2)22(15)27-23(30)17-10-3-4-11-18(17)26-24(27)33-14-21(29)25-19-12-5-6-13-20(19)28(31)32/h3-13H,14H2,1-2H3,(H,25,29). The van der Waals surface area contributed by atoms with Crippen molar-refractivity contribution in [3.63, 3.8) is 0 Å². The summed E-state index contributed by atoms with van der Waals surface area (Å²) in [6.07, 6.45) is 0. The Morgan fingerprint density at radius 2 is 1.70 bits per heavy atom. The Balaban J connectivity index is 1.72. The van der Waals surface area contributed by atoms with Crippen molar-refractivity contribution in [1.29, 1.82) is 0 Å². The maximum Gasteiger partial charge on any atom is 0.292 e. The van der Waals surface area contributed by atoms with Gasteiger partial charge in [0, 0.05) is 6.07 Å². The van der Waals surface area contributed by atoms with Crippen LogP contribution in [0.3, 0.4) is 0 Å². The molecule has 0 bridgehead atoms. The number of rotatable bonds is 6.